The van der Waals surface area contributed by atoms with Gasteiger partial charge in [0, 0.05) is 12.3 Å². The van der Waals surface area contributed by atoms with Gasteiger partial charge in [0.1, 0.15) is 30.2 Å². The molecule has 1 rings (SSSR count). The first kappa shape index (κ1) is 43.6. The summed E-state index contributed by atoms with van der Waals surface area (Å²) >= 11 is 4.21. The standard InChI is InChI=1S/C33H55N9O7S/c1-6-19(4)26(42-30(46)25(17-50)41-28(44)22(34)16-21-11-8-7-9-12-21)31(47)38-20(5)27(43)39-23(13-10-14-37-33(35)36)29(45)40-24(32(48)49)15-18(2)3/h7-9,11-12,18-20,22-26,50H,6,10,13-17,34H2,1-5H3,(H,38,47)(H,39,43)(H,40,45)(H,41,44)(H,42,46)(H,48,49)(H4,35,36,37)/t19-,20-,22-,23-,24-,25-,26-/m0/s1. The number of benzene rings is 1. The van der Waals surface area contributed by atoms with E-state index >= 15 is 0 Å². The van der Waals surface area contributed by atoms with E-state index in [9.17, 15) is 33.9 Å². The summed E-state index contributed by atoms with van der Waals surface area (Å²) in [5.41, 5.74) is 17.7. The van der Waals surface area contributed by atoms with E-state index in [4.69, 9.17) is 17.2 Å². The normalized spacial score (nSPS) is 15.2. The summed E-state index contributed by atoms with van der Waals surface area (Å²) in [5.74, 6) is -5.18. The molecule has 0 aliphatic rings. The first-order valence-corrected chi connectivity index (χ1v) is 17.3. The number of carboxylic acid groups (broad SMARTS) is 1. The minimum absolute atomic E-state index is 0.0305. The Morgan fingerprint density at radius 2 is 1.38 bits per heavy atom. The predicted octanol–water partition coefficient (Wildman–Crippen LogP) is -0.839. The number of nitrogens with one attached hydrogen (secondary N) is 5. The van der Waals surface area contributed by atoms with E-state index < -0.39 is 71.8 Å². The quantitative estimate of drug-likeness (QED) is 0.0307. The number of thiol groups is 1. The van der Waals surface area contributed by atoms with E-state index in [1.165, 1.54) is 6.92 Å². The lowest BCUT2D eigenvalue weighted by Gasteiger charge is -2.28. The average Bonchev–Trinajstić information content (AvgIpc) is 3.06. The molecule has 1 aromatic rings. The summed E-state index contributed by atoms with van der Waals surface area (Å²) in [4.78, 5) is 81.5. The topological polar surface area (TPSA) is 273 Å². The molecule has 0 radical (unpaired) electrons. The Hall–Kier alpha value is -4.38. The highest BCUT2D eigenvalue weighted by Gasteiger charge is 2.33. The zero-order chi connectivity index (χ0) is 38.0. The van der Waals surface area contributed by atoms with E-state index in [0.29, 0.717) is 6.42 Å². The second-order valence-corrected chi connectivity index (χ2v) is 13.0. The van der Waals surface area contributed by atoms with Crippen molar-refractivity contribution < 1.29 is 33.9 Å². The predicted molar refractivity (Wildman–Crippen MR) is 194 cm³/mol. The second-order valence-electron chi connectivity index (χ2n) is 12.7. The van der Waals surface area contributed by atoms with Crippen LogP contribution in [-0.4, -0.2) is 95.1 Å². The molecular weight excluding hydrogens is 666 g/mol. The van der Waals surface area contributed by atoms with Crippen molar-refractivity contribution in [3.05, 3.63) is 35.9 Å². The molecule has 0 aliphatic heterocycles. The van der Waals surface area contributed by atoms with E-state index in [1.54, 1.807) is 6.92 Å². The van der Waals surface area contributed by atoms with Crippen molar-refractivity contribution >= 4 is 54.1 Å². The van der Waals surface area contributed by atoms with Gasteiger partial charge in [0.15, 0.2) is 5.96 Å². The SMILES string of the molecule is CC[C@H](C)[C@H](NC(=O)[C@H](CS)NC(=O)[C@@H](N)Cc1ccccc1)C(=O)N[C@@H](C)C(=O)N[C@@H](CCCN=C(N)N)C(=O)N[C@@H](CC(C)C)C(=O)O. The molecule has 17 heteroatoms. The lowest BCUT2D eigenvalue weighted by atomic mass is 9.97. The molecule has 0 unspecified atom stereocenters. The highest BCUT2D eigenvalue weighted by molar-refractivity contribution is 7.80. The van der Waals surface area contributed by atoms with Gasteiger partial charge >= 0.3 is 5.97 Å². The number of nitrogens with two attached hydrogens (primary N) is 3. The monoisotopic (exact) mass is 721 g/mol. The number of rotatable bonds is 22. The summed E-state index contributed by atoms with van der Waals surface area (Å²) in [5, 5.41) is 22.5. The molecule has 1 aromatic carbocycles. The molecule has 16 nitrogen and oxygen atoms in total. The van der Waals surface area contributed by atoms with Crippen molar-refractivity contribution in [3.63, 3.8) is 0 Å². The van der Waals surface area contributed by atoms with Crippen LogP contribution in [0.5, 0.6) is 0 Å². The van der Waals surface area contributed by atoms with Gasteiger partial charge in [0.2, 0.25) is 29.5 Å². The van der Waals surface area contributed by atoms with Crippen molar-refractivity contribution in [1.29, 1.82) is 0 Å². The zero-order valence-electron chi connectivity index (χ0n) is 29.5. The summed E-state index contributed by atoms with van der Waals surface area (Å²) in [6.07, 6.45) is 1.25. The molecule has 0 fully saturated rings. The number of aliphatic carboxylic acids is 1. The average molecular weight is 722 g/mol. The summed E-state index contributed by atoms with van der Waals surface area (Å²) in [6.45, 7) is 8.75. The third-order valence-corrected chi connectivity index (χ3v) is 8.26. The molecule has 0 saturated carbocycles. The smallest absolute Gasteiger partial charge is 0.326 e. The Bertz CT molecular complexity index is 1310. The van der Waals surface area contributed by atoms with E-state index in [-0.39, 0.29) is 55.8 Å². The molecule has 0 aromatic heterocycles. The molecule has 280 valence electrons. The Morgan fingerprint density at radius 3 is 1.92 bits per heavy atom. The molecule has 0 aliphatic carbocycles. The number of guanidine groups is 1. The molecule has 0 saturated heterocycles. The lowest BCUT2D eigenvalue weighted by molar-refractivity contribution is -0.142. The molecule has 5 amide bonds. The van der Waals surface area contributed by atoms with Gasteiger partial charge in [0.25, 0.3) is 0 Å². The van der Waals surface area contributed by atoms with Crippen LogP contribution in [-0.2, 0) is 35.2 Å². The fraction of sp³-hybridized carbons (Fsp3) is 0.606. The highest BCUT2D eigenvalue weighted by atomic mass is 32.1. The molecule has 50 heavy (non-hydrogen) atoms. The van der Waals surface area contributed by atoms with Gasteiger partial charge in [-0.25, -0.2) is 4.79 Å². The lowest BCUT2D eigenvalue weighted by Crippen LogP contribution is -2.60. The van der Waals surface area contributed by atoms with E-state index in [1.807, 2.05) is 51.1 Å². The van der Waals surface area contributed by atoms with Gasteiger partial charge < -0.3 is 48.9 Å². The molecule has 7 atom stereocenters. The Kier molecular flexibility index (Phi) is 19.5. The van der Waals surface area contributed by atoms with Crippen LogP contribution in [0.4, 0.5) is 0 Å². The number of amides is 5. The van der Waals surface area contributed by atoms with Gasteiger partial charge in [-0.1, -0.05) is 64.4 Å². The summed E-state index contributed by atoms with van der Waals surface area (Å²) in [7, 11) is 0. The van der Waals surface area contributed by atoms with Crippen LogP contribution >= 0.6 is 12.6 Å². The molecule has 12 N–H and O–H groups in total. The van der Waals surface area contributed by atoms with Crippen molar-refractivity contribution in [3.8, 4) is 0 Å². The number of hydrogen-bond acceptors (Lipinski definition) is 9. The van der Waals surface area contributed by atoms with Gasteiger partial charge in [-0.05, 0) is 50.0 Å². The van der Waals surface area contributed by atoms with Gasteiger partial charge in [-0.3, -0.25) is 29.0 Å². The number of carboxylic acids is 1. The van der Waals surface area contributed by atoms with Crippen molar-refractivity contribution in [2.45, 2.75) is 103 Å². The first-order chi connectivity index (χ1) is 23.5. The number of aliphatic imine (C=N–C) groups is 1. The number of carbonyl (C=O) groups excluding carboxylic acids is 5. The minimum Gasteiger partial charge on any atom is -0.480 e. The van der Waals surface area contributed by atoms with Gasteiger partial charge in [-0.2, -0.15) is 12.6 Å². The Labute approximate surface area is 299 Å². The van der Waals surface area contributed by atoms with Crippen LogP contribution in [0.15, 0.2) is 35.3 Å². The number of nitrogens with zero attached hydrogens (tertiary/aromatic N) is 1. The molecule has 0 heterocycles. The maximum atomic E-state index is 13.4. The van der Waals surface area contributed by atoms with Crippen LogP contribution in [0, 0.1) is 11.8 Å². The maximum Gasteiger partial charge on any atom is 0.326 e. The van der Waals surface area contributed by atoms with Gasteiger partial charge in [0.05, 0.1) is 6.04 Å². The van der Waals surface area contributed by atoms with Crippen molar-refractivity contribution in [2.75, 3.05) is 12.3 Å². The maximum absolute atomic E-state index is 13.4. The highest BCUT2D eigenvalue weighted by Crippen LogP contribution is 2.11. The first-order valence-electron chi connectivity index (χ1n) is 16.7. The molecular formula is C33H55N9O7S. The van der Waals surface area contributed by atoms with Crippen LogP contribution in [0.2, 0.25) is 0 Å². The third kappa shape index (κ3) is 15.9. The zero-order valence-corrected chi connectivity index (χ0v) is 30.4. The fourth-order valence-electron chi connectivity index (χ4n) is 4.79. The van der Waals surface area contributed by atoms with E-state index in [0.717, 1.165) is 5.56 Å². The third-order valence-electron chi connectivity index (χ3n) is 7.90. The van der Waals surface area contributed by atoms with Crippen LogP contribution in [0.3, 0.4) is 0 Å². The van der Waals surface area contributed by atoms with Crippen LogP contribution in [0.1, 0.15) is 65.9 Å². The number of carbonyl (C=O) groups is 6. The van der Waals surface area contributed by atoms with E-state index in [2.05, 4.69) is 44.2 Å². The van der Waals surface area contributed by atoms with Crippen molar-refractivity contribution in [1.82, 2.24) is 26.6 Å². The van der Waals surface area contributed by atoms with Crippen LogP contribution in [0.25, 0.3) is 0 Å². The Balaban J connectivity index is 3.00. The Morgan fingerprint density at radius 1 is 0.800 bits per heavy atom. The molecule has 0 spiro atoms. The fourth-order valence-corrected chi connectivity index (χ4v) is 5.05. The largest absolute Gasteiger partial charge is 0.480 e. The minimum atomic E-state index is -1.22. The van der Waals surface area contributed by atoms with Crippen LogP contribution < -0.4 is 43.8 Å². The van der Waals surface area contributed by atoms with Crippen molar-refractivity contribution in [2.24, 2.45) is 34.0 Å². The number of hydrogen-bond donors (Lipinski definition) is 10. The second kappa shape index (κ2) is 22.4. The molecule has 0 bridgehead atoms. The van der Waals surface area contributed by atoms with Gasteiger partial charge in [-0.15, -0.1) is 0 Å². The summed E-state index contributed by atoms with van der Waals surface area (Å²) < 4.78 is 0. The summed E-state index contributed by atoms with van der Waals surface area (Å²) in [6, 6.07) is 2.53.